The van der Waals surface area contributed by atoms with E-state index in [0.717, 1.165) is 0 Å². The lowest BCUT2D eigenvalue weighted by molar-refractivity contribution is 0.539. The summed E-state index contributed by atoms with van der Waals surface area (Å²) in [4.78, 5) is 0. The third-order valence-corrected chi connectivity index (χ3v) is 0. The summed E-state index contributed by atoms with van der Waals surface area (Å²) in [6.45, 7) is 0. The molecule has 0 heterocycles. The molecule has 0 amide bonds. The maximum atomic E-state index is 8.78. The number of hydrogen-bond donors (Lipinski definition) is 1. The summed E-state index contributed by atoms with van der Waals surface area (Å²) in [5, 5.41) is 4.03. The van der Waals surface area contributed by atoms with Gasteiger partial charge in [0.1, 0.15) is 0 Å². The van der Waals surface area contributed by atoms with Crippen molar-refractivity contribution >= 4 is 28.2 Å². The van der Waals surface area contributed by atoms with E-state index < -0.39 is 11.3 Å². The second-order valence-corrected chi connectivity index (χ2v) is 0.781. The van der Waals surface area contributed by atoms with Crippen LogP contribution in [0.1, 0.15) is 0 Å². The molecule has 0 aliphatic rings. The molecule has 0 fully saturated rings. The van der Waals surface area contributed by atoms with Crippen LogP contribution >= 0.6 is 17.0 Å². The normalized spacial score (nSPS) is 12.4. The molecule has 2 N–H and O–H groups in total. The molecule has 0 aliphatic carbocycles. The van der Waals surface area contributed by atoms with Crippen LogP contribution in [0.15, 0.2) is 0 Å². The van der Waals surface area contributed by atoms with Crippen LogP contribution in [0.2, 0.25) is 0 Å². The quantitative estimate of drug-likeness (QED) is 0.478. The molecule has 0 aromatic carbocycles. The second kappa shape index (κ2) is 4.55. The molecule has 0 saturated heterocycles. The molecule has 0 saturated carbocycles. The largest absolute Gasteiger partial charge is 0.760 e. The SMILES string of the molecule is Br.NS(=O)[O-]. The zero-order chi connectivity index (χ0) is 3.58. The van der Waals surface area contributed by atoms with Crippen molar-refractivity contribution in [1.29, 1.82) is 0 Å². The highest BCUT2D eigenvalue weighted by atomic mass is 79.9. The van der Waals surface area contributed by atoms with Crippen molar-refractivity contribution in [2.75, 3.05) is 0 Å². The van der Waals surface area contributed by atoms with Gasteiger partial charge in [-0.15, -0.1) is 17.0 Å². The highest BCUT2D eigenvalue weighted by Crippen LogP contribution is 1.33. The summed E-state index contributed by atoms with van der Waals surface area (Å²) in [5.41, 5.74) is 0. The smallest absolute Gasteiger partial charge is 0.0152 e. The minimum Gasteiger partial charge on any atom is -0.760 e. The molecule has 1 atom stereocenters. The minimum absolute atomic E-state index is 0. The lowest BCUT2D eigenvalue weighted by Crippen LogP contribution is -1.97. The van der Waals surface area contributed by atoms with Crippen molar-refractivity contribution in [1.82, 2.24) is 0 Å². The molecular formula is H3BrNO2S-. The summed E-state index contributed by atoms with van der Waals surface area (Å²) in [6.07, 6.45) is 0. The van der Waals surface area contributed by atoms with Crippen molar-refractivity contribution in [3.8, 4) is 0 Å². The van der Waals surface area contributed by atoms with Gasteiger partial charge in [0, 0.05) is 11.3 Å². The Morgan fingerprint density at radius 2 is 1.80 bits per heavy atom. The molecular weight excluding hydrogens is 158 g/mol. The van der Waals surface area contributed by atoms with E-state index >= 15 is 0 Å². The molecule has 0 aromatic heterocycles. The van der Waals surface area contributed by atoms with Gasteiger partial charge in [-0.3, -0.25) is 9.35 Å². The van der Waals surface area contributed by atoms with Gasteiger partial charge in [-0.05, 0) is 0 Å². The summed E-state index contributed by atoms with van der Waals surface area (Å²) >= 11 is -2.36. The lowest BCUT2D eigenvalue weighted by atomic mass is 13.9. The Hall–Kier alpha value is 0.550. The Labute approximate surface area is 42.7 Å². The summed E-state index contributed by atoms with van der Waals surface area (Å²) in [5.74, 6) is 0. The van der Waals surface area contributed by atoms with Crippen molar-refractivity contribution < 1.29 is 8.76 Å². The Balaban J connectivity index is 0. The molecule has 0 aromatic rings. The van der Waals surface area contributed by atoms with Crippen LogP contribution in [0.5, 0.6) is 0 Å². The maximum absolute atomic E-state index is 8.78. The Morgan fingerprint density at radius 3 is 1.80 bits per heavy atom. The first kappa shape index (κ1) is 9.12. The van der Waals surface area contributed by atoms with E-state index in [4.69, 9.17) is 8.76 Å². The van der Waals surface area contributed by atoms with E-state index in [2.05, 4.69) is 5.14 Å². The Bertz CT molecular complexity index is 32.6. The van der Waals surface area contributed by atoms with Crippen LogP contribution < -0.4 is 5.14 Å². The highest BCUT2D eigenvalue weighted by molar-refractivity contribution is 8.93. The zero-order valence-electron chi connectivity index (χ0n) is 2.21. The van der Waals surface area contributed by atoms with E-state index in [1.54, 1.807) is 0 Å². The first-order valence-electron chi connectivity index (χ1n) is 0.569. The molecule has 0 aliphatic heterocycles. The van der Waals surface area contributed by atoms with Gasteiger partial charge >= 0.3 is 0 Å². The average Bonchev–Trinajstić information content (AvgIpc) is 0.811. The van der Waals surface area contributed by atoms with Crippen LogP contribution in [-0.2, 0) is 11.3 Å². The first-order valence-corrected chi connectivity index (χ1v) is 1.71. The first-order chi connectivity index (χ1) is 1.73. The number of halogens is 1. The monoisotopic (exact) mass is 160 g/mol. The van der Waals surface area contributed by atoms with Gasteiger partial charge in [-0.25, -0.2) is 0 Å². The lowest BCUT2D eigenvalue weighted by Gasteiger charge is -1.85. The van der Waals surface area contributed by atoms with Gasteiger partial charge in [0.15, 0.2) is 0 Å². The van der Waals surface area contributed by atoms with Crippen molar-refractivity contribution in [2.24, 2.45) is 5.14 Å². The van der Waals surface area contributed by atoms with Gasteiger partial charge in [0.25, 0.3) is 0 Å². The van der Waals surface area contributed by atoms with E-state index in [1.807, 2.05) is 0 Å². The predicted octanol–water partition coefficient (Wildman–Crippen LogP) is -0.683. The fourth-order valence-electron chi connectivity index (χ4n) is 0. The van der Waals surface area contributed by atoms with Crippen molar-refractivity contribution in [3.63, 3.8) is 0 Å². The van der Waals surface area contributed by atoms with Gasteiger partial charge in [0.05, 0.1) is 0 Å². The molecule has 0 spiro atoms. The molecule has 1 unspecified atom stereocenters. The fraction of sp³-hybridized carbons (Fsp3) is 0. The maximum Gasteiger partial charge on any atom is 0.0152 e. The van der Waals surface area contributed by atoms with Gasteiger partial charge < -0.3 is 4.55 Å². The Morgan fingerprint density at radius 1 is 1.80 bits per heavy atom. The summed E-state index contributed by atoms with van der Waals surface area (Å²) < 4.78 is 17.6. The van der Waals surface area contributed by atoms with Gasteiger partial charge in [-0.2, -0.15) is 0 Å². The third kappa shape index (κ3) is 97.8. The van der Waals surface area contributed by atoms with Crippen LogP contribution in [0, 0.1) is 0 Å². The summed E-state index contributed by atoms with van der Waals surface area (Å²) in [6, 6.07) is 0. The molecule has 0 bridgehead atoms. The van der Waals surface area contributed by atoms with E-state index in [9.17, 15) is 0 Å². The Kier molecular flexibility index (Phi) is 8.30. The standard InChI is InChI=1S/BrH.H3NO2S/c;1-4(2)3/h1H;1H2,(H,2,3)/p-1. The molecule has 0 radical (unpaired) electrons. The average molecular weight is 161 g/mol. The van der Waals surface area contributed by atoms with Gasteiger partial charge in [-0.1, -0.05) is 0 Å². The van der Waals surface area contributed by atoms with Gasteiger partial charge in [0.2, 0.25) is 0 Å². The van der Waals surface area contributed by atoms with E-state index in [-0.39, 0.29) is 17.0 Å². The topological polar surface area (TPSA) is 66.2 Å². The number of nitrogens with two attached hydrogens (primary N) is 1. The van der Waals surface area contributed by atoms with Crippen molar-refractivity contribution in [3.05, 3.63) is 0 Å². The molecule has 0 rings (SSSR count). The molecule has 34 valence electrons. The zero-order valence-corrected chi connectivity index (χ0v) is 4.74. The fourth-order valence-corrected chi connectivity index (χ4v) is 0. The molecule has 3 nitrogen and oxygen atoms in total. The van der Waals surface area contributed by atoms with Crippen LogP contribution in [0.3, 0.4) is 0 Å². The predicted molar refractivity (Wildman–Crippen MR) is 23.4 cm³/mol. The number of rotatable bonds is 0. The highest BCUT2D eigenvalue weighted by Gasteiger charge is 1.39. The van der Waals surface area contributed by atoms with Crippen molar-refractivity contribution in [2.45, 2.75) is 0 Å². The van der Waals surface area contributed by atoms with Crippen LogP contribution in [-0.4, -0.2) is 8.76 Å². The van der Waals surface area contributed by atoms with E-state index in [0.29, 0.717) is 0 Å². The van der Waals surface area contributed by atoms with E-state index in [1.165, 1.54) is 0 Å². The third-order valence-electron chi connectivity index (χ3n) is 0. The second-order valence-electron chi connectivity index (χ2n) is 0.260. The molecule has 5 heavy (non-hydrogen) atoms. The van der Waals surface area contributed by atoms with Crippen LogP contribution in [0.4, 0.5) is 0 Å². The molecule has 5 heteroatoms. The number of hydrogen-bond acceptors (Lipinski definition) is 2. The minimum atomic E-state index is -2.36. The summed E-state index contributed by atoms with van der Waals surface area (Å²) in [7, 11) is 0. The van der Waals surface area contributed by atoms with Crippen LogP contribution in [0.25, 0.3) is 0 Å².